The number of sulfonamides is 1. The van der Waals surface area contributed by atoms with Gasteiger partial charge in [0.05, 0.1) is 20.8 Å². The summed E-state index contributed by atoms with van der Waals surface area (Å²) < 4.78 is 27.9. The van der Waals surface area contributed by atoms with Crippen molar-refractivity contribution in [1.82, 2.24) is 0 Å². The maximum atomic E-state index is 12.7. The standard InChI is InChI=1S/C16H16Cl3NO2S/c1-3-10(2)11-6-4-5-7-15(11)20-23(21,22)16-9-13(18)12(17)8-14(16)19/h4-10,20H,3H2,1-2H3. The van der Waals surface area contributed by atoms with E-state index in [2.05, 4.69) is 4.72 Å². The lowest BCUT2D eigenvalue weighted by Gasteiger charge is -2.17. The van der Waals surface area contributed by atoms with Crippen LogP contribution in [0.2, 0.25) is 15.1 Å². The van der Waals surface area contributed by atoms with Crippen molar-refractivity contribution in [2.24, 2.45) is 0 Å². The third-order valence-corrected chi connectivity index (χ3v) is 6.17. The second kappa shape index (κ2) is 7.31. The fraction of sp³-hybridized carbons (Fsp3) is 0.250. The molecule has 0 radical (unpaired) electrons. The molecule has 0 heterocycles. The molecule has 23 heavy (non-hydrogen) atoms. The number of benzene rings is 2. The maximum Gasteiger partial charge on any atom is 0.263 e. The minimum atomic E-state index is -3.87. The molecule has 2 aromatic rings. The molecular formula is C16H16Cl3NO2S. The van der Waals surface area contributed by atoms with Gasteiger partial charge in [-0.2, -0.15) is 0 Å². The Hall–Kier alpha value is -0.940. The van der Waals surface area contributed by atoms with Gasteiger partial charge in [-0.3, -0.25) is 4.72 Å². The summed E-state index contributed by atoms with van der Waals surface area (Å²) in [5.41, 5.74) is 1.46. The molecule has 0 aromatic heterocycles. The van der Waals surface area contributed by atoms with E-state index in [1.54, 1.807) is 12.1 Å². The van der Waals surface area contributed by atoms with Crippen molar-refractivity contribution in [2.75, 3.05) is 4.72 Å². The van der Waals surface area contributed by atoms with Gasteiger partial charge in [-0.15, -0.1) is 0 Å². The predicted octanol–water partition coefficient (Wildman–Crippen LogP) is 5.96. The highest BCUT2D eigenvalue weighted by molar-refractivity contribution is 7.92. The molecule has 0 aliphatic rings. The highest BCUT2D eigenvalue weighted by Gasteiger charge is 2.22. The minimum absolute atomic E-state index is 0.0212. The summed E-state index contributed by atoms with van der Waals surface area (Å²) in [6.45, 7) is 4.09. The lowest BCUT2D eigenvalue weighted by Crippen LogP contribution is -2.15. The highest BCUT2D eigenvalue weighted by atomic mass is 35.5. The molecule has 0 amide bonds. The Morgan fingerprint density at radius 1 is 1.04 bits per heavy atom. The average Bonchev–Trinajstić information content (AvgIpc) is 2.50. The summed E-state index contributed by atoms with van der Waals surface area (Å²) in [5, 5.41) is 0.357. The number of nitrogens with one attached hydrogen (secondary N) is 1. The molecule has 7 heteroatoms. The van der Waals surface area contributed by atoms with Crippen molar-refractivity contribution in [3.8, 4) is 0 Å². The van der Waals surface area contributed by atoms with Crippen LogP contribution < -0.4 is 4.72 Å². The minimum Gasteiger partial charge on any atom is -0.279 e. The second-order valence-corrected chi connectivity index (χ2v) is 8.07. The monoisotopic (exact) mass is 391 g/mol. The van der Waals surface area contributed by atoms with Crippen molar-refractivity contribution < 1.29 is 8.42 Å². The van der Waals surface area contributed by atoms with Crippen LogP contribution in [-0.2, 0) is 10.0 Å². The van der Waals surface area contributed by atoms with Gasteiger partial charge in [-0.1, -0.05) is 66.8 Å². The van der Waals surface area contributed by atoms with Crippen LogP contribution in [0.4, 0.5) is 5.69 Å². The predicted molar refractivity (Wildman–Crippen MR) is 97.4 cm³/mol. The fourth-order valence-electron chi connectivity index (χ4n) is 2.15. The molecule has 2 rings (SSSR count). The zero-order valence-electron chi connectivity index (χ0n) is 12.6. The fourth-order valence-corrected chi connectivity index (χ4v) is 4.24. The van der Waals surface area contributed by atoms with Crippen LogP contribution in [0.3, 0.4) is 0 Å². The first-order valence-electron chi connectivity index (χ1n) is 7.02. The normalized spacial score (nSPS) is 12.9. The van der Waals surface area contributed by atoms with Crippen LogP contribution in [-0.4, -0.2) is 8.42 Å². The average molecular weight is 393 g/mol. The molecule has 0 aliphatic heterocycles. The molecule has 0 saturated heterocycles. The van der Waals surface area contributed by atoms with E-state index in [0.29, 0.717) is 5.69 Å². The first-order chi connectivity index (χ1) is 10.8. The number of hydrogen-bond donors (Lipinski definition) is 1. The molecule has 0 aliphatic carbocycles. The van der Waals surface area contributed by atoms with E-state index in [0.717, 1.165) is 12.0 Å². The molecule has 0 fully saturated rings. The van der Waals surface area contributed by atoms with E-state index < -0.39 is 10.0 Å². The van der Waals surface area contributed by atoms with Crippen LogP contribution in [0.15, 0.2) is 41.3 Å². The molecule has 3 nitrogen and oxygen atoms in total. The van der Waals surface area contributed by atoms with Gasteiger partial charge in [-0.25, -0.2) is 8.42 Å². The number of rotatable bonds is 5. The van der Waals surface area contributed by atoms with Gasteiger partial charge >= 0.3 is 0 Å². The van der Waals surface area contributed by atoms with E-state index in [4.69, 9.17) is 34.8 Å². The summed E-state index contributed by atoms with van der Waals surface area (Å²) in [6.07, 6.45) is 0.895. The third kappa shape index (κ3) is 4.13. The first kappa shape index (κ1) is 18.4. The Balaban J connectivity index is 2.46. The topological polar surface area (TPSA) is 46.2 Å². The lowest BCUT2D eigenvalue weighted by atomic mass is 9.97. The molecule has 2 aromatic carbocycles. The van der Waals surface area contributed by atoms with Crippen LogP contribution in [0.5, 0.6) is 0 Å². The largest absolute Gasteiger partial charge is 0.279 e. The summed E-state index contributed by atoms with van der Waals surface area (Å²) in [6, 6.07) is 9.86. The number of para-hydroxylation sites is 1. The molecule has 0 bridgehead atoms. The number of anilines is 1. The van der Waals surface area contributed by atoms with Gasteiger partial charge in [0.15, 0.2) is 0 Å². The van der Waals surface area contributed by atoms with Crippen molar-refractivity contribution in [3.05, 3.63) is 57.0 Å². The zero-order chi connectivity index (χ0) is 17.2. The van der Waals surface area contributed by atoms with Gasteiger partial charge in [0.25, 0.3) is 10.0 Å². The first-order valence-corrected chi connectivity index (χ1v) is 9.64. The third-order valence-electron chi connectivity index (χ3n) is 3.61. The van der Waals surface area contributed by atoms with Gasteiger partial charge in [0.2, 0.25) is 0 Å². The maximum absolute atomic E-state index is 12.7. The SMILES string of the molecule is CCC(C)c1ccccc1NS(=O)(=O)c1cc(Cl)c(Cl)cc1Cl. The Kier molecular flexibility index (Phi) is 5.84. The van der Waals surface area contributed by atoms with E-state index in [-0.39, 0.29) is 25.9 Å². The summed E-state index contributed by atoms with van der Waals surface area (Å²) in [7, 11) is -3.87. The zero-order valence-corrected chi connectivity index (χ0v) is 15.7. The van der Waals surface area contributed by atoms with Gasteiger partial charge in [-0.05, 0) is 36.1 Å². The molecular weight excluding hydrogens is 377 g/mol. The Bertz CT molecular complexity index is 822. The van der Waals surface area contributed by atoms with Gasteiger partial charge in [0, 0.05) is 0 Å². The molecule has 1 unspecified atom stereocenters. The summed E-state index contributed by atoms with van der Waals surface area (Å²) >= 11 is 17.8. The van der Waals surface area contributed by atoms with E-state index in [9.17, 15) is 8.42 Å². The van der Waals surface area contributed by atoms with Gasteiger partial charge in [0.1, 0.15) is 4.90 Å². The quantitative estimate of drug-likeness (QED) is 0.638. The lowest BCUT2D eigenvalue weighted by molar-refractivity contribution is 0.601. The van der Waals surface area contributed by atoms with Crippen LogP contribution in [0, 0.1) is 0 Å². The molecule has 0 spiro atoms. The van der Waals surface area contributed by atoms with E-state index in [1.807, 2.05) is 26.0 Å². The molecule has 0 saturated carbocycles. The number of hydrogen-bond acceptors (Lipinski definition) is 2. The van der Waals surface area contributed by atoms with Crippen molar-refractivity contribution >= 4 is 50.5 Å². The van der Waals surface area contributed by atoms with Crippen molar-refractivity contribution in [3.63, 3.8) is 0 Å². The summed E-state index contributed by atoms with van der Waals surface area (Å²) in [5.74, 6) is 0.221. The molecule has 124 valence electrons. The molecule has 1 N–H and O–H groups in total. The highest BCUT2D eigenvalue weighted by Crippen LogP contribution is 2.34. The van der Waals surface area contributed by atoms with Crippen molar-refractivity contribution in [1.29, 1.82) is 0 Å². The van der Waals surface area contributed by atoms with E-state index in [1.165, 1.54) is 12.1 Å². The molecule has 1 atom stereocenters. The number of halogens is 3. The van der Waals surface area contributed by atoms with Crippen LogP contribution >= 0.6 is 34.8 Å². The summed E-state index contributed by atoms with van der Waals surface area (Å²) in [4.78, 5) is -0.104. The van der Waals surface area contributed by atoms with E-state index >= 15 is 0 Å². The van der Waals surface area contributed by atoms with Crippen molar-refractivity contribution in [2.45, 2.75) is 31.1 Å². The van der Waals surface area contributed by atoms with Crippen LogP contribution in [0.25, 0.3) is 0 Å². The van der Waals surface area contributed by atoms with Gasteiger partial charge < -0.3 is 0 Å². The Morgan fingerprint density at radius 3 is 2.30 bits per heavy atom. The Morgan fingerprint density at radius 2 is 1.65 bits per heavy atom. The second-order valence-electron chi connectivity index (χ2n) is 5.20. The smallest absolute Gasteiger partial charge is 0.263 e. The van der Waals surface area contributed by atoms with Crippen LogP contribution in [0.1, 0.15) is 31.7 Å². The Labute approximate surface area is 151 Å².